The Labute approximate surface area is 106 Å². The van der Waals surface area contributed by atoms with Crippen molar-refractivity contribution in [1.82, 2.24) is 0 Å². The van der Waals surface area contributed by atoms with E-state index in [2.05, 4.69) is 12.2 Å². The standard InChI is InChI=1S/C15H16O3/c16-14(11-4-2-1-3-5-11)15(17)18-13-9-10-6-7-12(13)8-10/h1-7,10,12-14,16H,8-9H2/t10?,12?,13?,14-/m0/s1. The number of hydrogen-bond donors (Lipinski definition) is 1. The summed E-state index contributed by atoms with van der Waals surface area (Å²) >= 11 is 0. The minimum Gasteiger partial charge on any atom is -0.460 e. The lowest BCUT2D eigenvalue weighted by Crippen LogP contribution is -2.26. The molecule has 3 heteroatoms. The SMILES string of the molecule is O=C(OC1CC2C=CC1C2)[C@@H](O)c1ccccc1. The lowest BCUT2D eigenvalue weighted by molar-refractivity contribution is -0.160. The first-order chi connectivity index (χ1) is 8.74. The molecule has 2 bridgehead atoms. The Balaban J connectivity index is 1.63. The summed E-state index contributed by atoms with van der Waals surface area (Å²) in [6, 6.07) is 8.90. The maximum absolute atomic E-state index is 11.9. The Morgan fingerprint density at radius 1 is 1.22 bits per heavy atom. The van der Waals surface area contributed by atoms with Crippen molar-refractivity contribution in [1.29, 1.82) is 0 Å². The van der Waals surface area contributed by atoms with E-state index < -0.39 is 12.1 Å². The number of allylic oxidation sites excluding steroid dienone is 1. The van der Waals surface area contributed by atoms with Gasteiger partial charge in [-0.1, -0.05) is 42.5 Å². The molecular formula is C15H16O3. The van der Waals surface area contributed by atoms with Crippen LogP contribution >= 0.6 is 0 Å². The summed E-state index contributed by atoms with van der Waals surface area (Å²) in [6.45, 7) is 0. The molecule has 1 aromatic carbocycles. The highest BCUT2D eigenvalue weighted by Crippen LogP contribution is 2.41. The summed E-state index contributed by atoms with van der Waals surface area (Å²) in [7, 11) is 0. The van der Waals surface area contributed by atoms with Crippen molar-refractivity contribution >= 4 is 5.97 Å². The van der Waals surface area contributed by atoms with Crippen LogP contribution in [-0.2, 0) is 9.53 Å². The number of benzene rings is 1. The highest BCUT2D eigenvalue weighted by molar-refractivity contribution is 5.76. The molecule has 3 rings (SSSR count). The molecular weight excluding hydrogens is 228 g/mol. The number of rotatable bonds is 3. The molecule has 0 aromatic heterocycles. The van der Waals surface area contributed by atoms with E-state index >= 15 is 0 Å². The van der Waals surface area contributed by atoms with Gasteiger partial charge >= 0.3 is 5.97 Å². The van der Waals surface area contributed by atoms with Crippen LogP contribution in [0.4, 0.5) is 0 Å². The highest BCUT2D eigenvalue weighted by atomic mass is 16.6. The van der Waals surface area contributed by atoms with Gasteiger partial charge in [-0.15, -0.1) is 0 Å². The molecule has 0 heterocycles. The summed E-state index contributed by atoms with van der Waals surface area (Å²) in [5.41, 5.74) is 0.584. The summed E-state index contributed by atoms with van der Waals surface area (Å²) in [5.74, 6) is 0.371. The van der Waals surface area contributed by atoms with Crippen molar-refractivity contribution in [3.05, 3.63) is 48.0 Å². The van der Waals surface area contributed by atoms with E-state index in [-0.39, 0.29) is 6.10 Å². The van der Waals surface area contributed by atoms with Crippen molar-refractivity contribution in [3.63, 3.8) is 0 Å². The third-order valence-electron chi connectivity index (χ3n) is 3.82. The van der Waals surface area contributed by atoms with Gasteiger partial charge in [0.05, 0.1) is 0 Å². The molecule has 1 fully saturated rings. The van der Waals surface area contributed by atoms with Crippen molar-refractivity contribution in [2.75, 3.05) is 0 Å². The largest absolute Gasteiger partial charge is 0.460 e. The van der Waals surface area contributed by atoms with E-state index in [1.807, 2.05) is 6.07 Å². The van der Waals surface area contributed by atoms with Crippen LogP contribution in [0.15, 0.2) is 42.5 Å². The second kappa shape index (κ2) is 4.58. The van der Waals surface area contributed by atoms with E-state index in [9.17, 15) is 9.90 Å². The Morgan fingerprint density at radius 2 is 2.00 bits per heavy atom. The first-order valence-electron chi connectivity index (χ1n) is 6.36. The molecule has 18 heavy (non-hydrogen) atoms. The van der Waals surface area contributed by atoms with Crippen LogP contribution in [0.1, 0.15) is 24.5 Å². The summed E-state index contributed by atoms with van der Waals surface area (Å²) in [5, 5.41) is 9.93. The average Bonchev–Trinajstić information content (AvgIpc) is 3.01. The predicted molar refractivity (Wildman–Crippen MR) is 66.6 cm³/mol. The molecule has 0 amide bonds. The average molecular weight is 244 g/mol. The Bertz CT molecular complexity index is 466. The minimum atomic E-state index is -1.17. The van der Waals surface area contributed by atoms with Crippen LogP contribution in [0.25, 0.3) is 0 Å². The number of ether oxygens (including phenoxy) is 1. The Kier molecular flexibility index (Phi) is 2.92. The quantitative estimate of drug-likeness (QED) is 0.655. The van der Waals surface area contributed by atoms with E-state index in [4.69, 9.17) is 4.74 Å². The number of carbonyl (C=O) groups excluding carboxylic acids is 1. The van der Waals surface area contributed by atoms with Gasteiger partial charge in [0.15, 0.2) is 6.10 Å². The fraction of sp³-hybridized carbons (Fsp3) is 0.400. The Morgan fingerprint density at radius 3 is 2.61 bits per heavy atom. The molecule has 3 unspecified atom stereocenters. The molecule has 3 nitrogen and oxygen atoms in total. The molecule has 94 valence electrons. The maximum atomic E-state index is 11.9. The molecule has 4 atom stereocenters. The van der Waals surface area contributed by atoms with E-state index in [0.717, 1.165) is 12.8 Å². The van der Waals surface area contributed by atoms with Gasteiger partial charge in [-0.25, -0.2) is 4.79 Å². The monoisotopic (exact) mass is 244 g/mol. The van der Waals surface area contributed by atoms with Crippen molar-refractivity contribution in [2.45, 2.75) is 25.0 Å². The minimum absolute atomic E-state index is 0.0501. The number of fused-ring (bicyclic) bond motifs is 2. The van der Waals surface area contributed by atoms with Gasteiger partial charge < -0.3 is 9.84 Å². The van der Waals surface area contributed by atoms with Gasteiger partial charge in [0.2, 0.25) is 0 Å². The number of hydrogen-bond acceptors (Lipinski definition) is 3. The topological polar surface area (TPSA) is 46.5 Å². The summed E-state index contributed by atoms with van der Waals surface area (Å²) in [6.07, 6.45) is 5.08. The van der Waals surface area contributed by atoms with E-state index in [1.54, 1.807) is 24.3 Å². The smallest absolute Gasteiger partial charge is 0.339 e. The van der Waals surface area contributed by atoms with Crippen LogP contribution in [0, 0.1) is 11.8 Å². The zero-order valence-electron chi connectivity index (χ0n) is 10.0. The number of aliphatic hydroxyl groups is 1. The molecule has 0 saturated heterocycles. The molecule has 0 spiro atoms. The van der Waals surface area contributed by atoms with Crippen LogP contribution in [-0.4, -0.2) is 17.2 Å². The molecule has 1 saturated carbocycles. The zero-order valence-corrected chi connectivity index (χ0v) is 10.0. The van der Waals surface area contributed by atoms with Gasteiger partial charge in [-0.2, -0.15) is 0 Å². The van der Waals surface area contributed by atoms with E-state index in [1.165, 1.54) is 0 Å². The molecule has 0 aliphatic heterocycles. The highest BCUT2D eigenvalue weighted by Gasteiger charge is 2.39. The van der Waals surface area contributed by atoms with Gasteiger partial charge in [0.25, 0.3) is 0 Å². The molecule has 1 aromatic rings. The summed E-state index contributed by atoms with van der Waals surface area (Å²) in [4.78, 5) is 11.9. The first kappa shape index (κ1) is 11.5. The molecule has 2 aliphatic carbocycles. The lowest BCUT2D eigenvalue weighted by atomic mass is 10.0. The molecule has 0 radical (unpaired) electrons. The van der Waals surface area contributed by atoms with Gasteiger partial charge in [-0.3, -0.25) is 0 Å². The van der Waals surface area contributed by atoms with Crippen molar-refractivity contribution in [2.24, 2.45) is 11.8 Å². The number of carbonyl (C=O) groups is 1. The van der Waals surface area contributed by atoms with E-state index in [0.29, 0.717) is 17.4 Å². The number of aliphatic hydroxyl groups excluding tert-OH is 1. The normalized spacial score (nSPS) is 30.4. The lowest BCUT2D eigenvalue weighted by Gasteiger charge is -2.20. The van der Waals surface area contributed by atoms with Crippen LogP contribution < -0.4 is 0 Å². The second-order valence-electron chi connectivity index (χ2n) is 5.07. The van der Waals surface area contributed by atoms with Crippen LogP contribution in [0.2, 0.25) is 0 Å². The molecule has 2 aliphatic rings. The molecule has 1 N–H and O–H groups in total. The fourth-order valence-electron chi connectivity index (χ4n) is 2.85. The van der Waals surface area contributed by atoms with Crippen LogP contribution in [0.5, 0.6) is 0 Å². The zero-order chi connectivity index (χ0) is 12.5. The van der Waals surface area contributed by atoms with Crippen molar-refractivity contribution < 1.29 is 14.6 Å². The first-order valence-corrected chi connectivity index (χ1v) is 6.36. The van der Waals surface area contributed by atoms with Crippen molar-refractivity contribution in [3.8, 4) is 0 Å². The van der Waals surface area contributed by atoms with Crippen LogP contribution in [0.3, 0.4) is 0 Å². The van der Waals surface area contributed by atoms with Gasteiger partial charge in [0.1, 0.15) is 6.10 Å². The predicted octanol–water partition coefficient (Wildman–Crippen LogP) is 2.23. The fourth-order valence-corrected chi connectivity index (χ4v) is 2.85. The third-order valence-corrected chi connectivity index (χ3v) is 3.82. The summed E-state index contributed by atoms with van der Waals surface area (Å²) < 4.78 is 5.42. The van der Waals surface area contributed by atoms with Gasteiger partial charge in [0, 0.05) is 5.92 Å². The van der Waals surface area contributed by atoms with Gasteiger partial charge in [-0.05, 0) is 24.3 Å². The number of esters is 1. The Hall–Kier alpha value is -1.61. The second-order valence-corrected chi connectivity index (χ2v) is 5.07. The third kappa shape index (κ3) is 2.06. The maximum Gasteiger partial charge on any atom is 0.339 e.